The molecule has 2 heterocycles. The molecule has 1 saturated carbocycles. The zero-order chi connectivity index (χ0) is 14.0. The lowest BCUT2D eigenvalue weighted by Gasteiger charge is -2.40. The zero-order valence-corrected chi connectivity index (χ0v) is 13.4. The van der Waals surface area contributed by atoms with E-state index in [0.29, 0.717) is 12.1 Å². The molecule has 2 aliphatic heterocycles. The Morgan fingerprint density at radius 2 is 2.00 bits per heavy atom. The van der Waals surface area contributed by atoms with Crippen LogP contribution in [0, 0.1) is 5.92 Å². The molecule has 1 aliphatic carbocycles. The van der Waals surface area contributed by atoms with Gasteiger partial charge in [0.2, 0.25) is 0 Å². The lowest BCUT2D eigenvalue weighted by Crippen LogP contribution is -2.55. The Balaban J connectivity index is 1.55. The first-order chi connectivity index (χ1) is 9.69. The van der Waals surface area contributed by atoms with Crippen LogP contribution in [-0.2, 0) is 4.74 Å². The Morgan fingerprint density at radius 3 is 2.75 bits per heavy atom. The third kappa shape index (κ3) is 3.20. The van der Waals surface area contributed by atoms with Gasteiger partial charge in [-0.3, -0.25) is 4.90 Å². The van der Waals surface area contributed by atoms with Gasteiger partial charge in [-0.05, 0) is 31.6 Å². The standard InChI is InChI=1S/C17H32N2O/c1-14(2)16-12-18-10-11-19(16)13-15-6-9-17(20-15)7-4-3-5-8-17/h14-16,18H,3-13H2,1-2H3. The second-order valence-corrected chi connectivity index (χ2v) is 7.53. The molecule has 0 aromatic rings. The molecule has 1 spiro atoms. The maximum absolute atomic E-state index is 6.56. The number of piperazine rings is 1. The molecular formula is C17H32N2O. The first kappa shape index (κ1) is 14.8. The van der Waals surface area contributed by atoms with Crippen molar-refractivity contribution in [3.05, 3.63) is 0 Å². The Morgan fingerprint density at radius 1 is 1.20 bits per heavy atom. The molecule has 3 rings (SSSR count). The van der Waals surface area contributed by atoms with E-state index in [2.05, 4.69) is 24.1 Å². The van der Waals surface area contributed by atoms with E-state index in [4.69, 9.17) is 4.74 Å². The van der Waals surface area contributed by atoms with E-state index in [0.717, 1.165) is 25.6 Å². The van der Waals surface area contributed by atoms with Crippen molar-refractivity contribution in [3.63, 3.8) is 0 Å². The number of hydrogen-bond acceptors (Lipinski definition) is 3. The molecule has 2 atom stereocenters. The normalized spacial score (nSPS) is 35.0. The summed E-state index contributed by atoms with van der Waals surface area (Å²) in [5.41, 5.74) is 0.282. The van der Waals surface area contributed by atoms with Crippen LogP contribution in [0.15, 0.2) is 0 Å². The molecule has 0 radical (unpaired) electrons. The molecule has 0 bridgehead atoms. The van der Waals surface area contributed by atoms with Crippen LogP contribution in [-0.4, -0.2) is 48.8 Å². The molecule has 1 N–H and O–H groups in total. The Hall–Kier alpha value is -0.120. The van der Waals surface area contributed by atoms with Crippen LogP contribution in [0.5, 0.6) is 0 Å². The monoisotopic (exact) mass is 280 g/mol. The van der Waals surface area contributed by atoms with E-state index >= 15 is 0 Å². The third-order valence-corrected chi connectivity index (χ3v) is 5.71. The summed E-state index contributed by atoms with van der Waals surface area (Å²) in [6, 6.07) is 0.690. The summed E-state index contributed by atoms with van der Waals surface area (Å²) in [6.07, 6.45) is 9.92. The molecule has 2 saturated heterocycles. The quantitative estimate of drug-likeness (QED) is 0.860. The highest BCUT2D eigenvalue weighted by atomic mass is 16.5. The van der Waals surface area contributed by atoms with Crippen molar-refractivity contribution < 1.29 is 4.74 Å². The van der Waals surface area contributed by atoms with Crippen molar-refractivity contribution in [2.24, 2.45) is 5.92 Å². The van der Waals surface area contributed by atoms with Crippen molar-refractivity contribution in [2.75, 3.05) is 26.2 Å². The summed E-state index contributed by atoms with van der Waals surface area (Å²) in [4.78, 5) is 2.69. The average molecular weight is 280 g/mol. The van der Waals surface area contributed by atoms with E-state index in [-0.39, 0.29) is 5.60 Å². The van der Waals surface area contributed by atoms with Gasteiger partial charge in [0, 0.05) is 32.2 Å². The number of hydrogen-bond donors (Lipinski definition) is 1. The Kier molecular flexibility index (Phi) is 4.68. The number of nitrogens with zero attached hydrogens (tertiary/aromatic N) is 1. The third-order valence-electron chi connectivity index (χ3n) is 5.71. The van der Waals surface area contributed by atoms with E-state index in [1.807, 2.05) is 0 Å². The molecule has 3 heteroatoms. The molecule has 0 aromatic carbocycles. The maximum Gasteiger partial charge on any atom is 0.0710 e. The van der Waals surface area contributed by atoms with E-state index < -0.39 is 0 Å². The Labute approximate surface area is 124 Å². The van der Waals surface area contributed by atoms with Crippen LogP contribution in [0.3, 0.4) is 0 Å². The van der Waals surface area contributed by atoms with Gasteiger partial charge in [-0.15, -0.1) is 0 Å². The smallest absolute Gasteiger partial charge is 0.0710 e. The highest BCUT2D eigenvalue weighted by Gasteiger charge is 2.41. The predicted octanol–water partition coefficient (Wildman–Crippen LogP) is 2.80. The van der Waals surface area contributed by atoms with Gasteiger partial charge < -0.3 is 10.1 Å². The van der Waals surface area contributed by atoms with Gasteiger partial charge in [0.05, 0.1) is 11.7 Å². The second kappa shape index (κ2) is 6.33. The van der Waals surface area contributed by atoms with Crippen LogP contribution in [0.4, 0.5) is 0 Å². The van der Waals surface area contributed by atoms with Gasteiger partial charge >= 0.3 is 0 Å². The fourth-order valence-corrected chi connectivity index (χ4v) is 4.50. The van der Waals surface area contributed by atoms with Gasteiger partial charge in [-0.25, -0.2) is 0 Å². The van der Waals surface area contributed by atoms with E-state index in [1.165, 1.54) is 51.5 Å². The molecule has 116 valence electrons. The SMILES string of the molecule is CC(C)C1CNCCN1CC1CCC2(CCCCC2)O1. The molecule has 0 aromatic heterocycles. The highest BCUT2D eigenvalue weighted by Crippen LogP contribution is 2.42. The second-order valence-electron chi connectivity index (χ2n) is 7.53. The van der Waals surface area contributed by atoms with E-state index in [1.54, 1.807) is 0 Å². The summed E-state index contributed by atoms with van der Waals surface area (Å²) in [5, 5.41) is 3.55. The Bertz CT molecular complexity index is 312. The topological polar surface area (TPSA) is 24.5 Å². The largest absolute Gasteiger partial charge is 0.370 e. The van der Waals surface area contributed by atoms with Crippen LogP contribution >= 0.6 is 0 Å². The van der Waals surface area contributed by atoms with Gasteiger partial charge in [0.15, 0.2) is 0 Å². The fourth-order valence-electron chi connectivity index (χ4n) is 4.50. The number of ether oxygens (including phenoxy) is 1. The molecular weight excluding hydrogens is 248 g/mol. The van der Waals surface area contributed by atoms with Gasteiger partial charge in [-0.2, -0.15) is 0 Å². The summed E-state index contributed by atoms with van der Waals surface area (Å²) in [6.45, 7) is 9.34. The van der Waals surface area contributed by atoms with Gasteiger partial charge in [0.1, 0.15) is 0 Å². The molecule has 3 nitrogen and oxygen atoms in total. The summed E-state index contributed by atoms with van der Waals surface area (Å²) in [5.74, 6) is 0.729. The number of rotatable bonds is 3. The molecule has 3 fully saturated rings. The van der Waals surface area contributed by atoms with Crippen LogP contribution in [0.1, 0.15) is 58.8 Å². The van der Waals surface area contributed by atoms with Crippen molar-refractivity contribution in [1.29, 1.82) is 0 Å². The summed E-state index contributed by atoms with van der Waals surface area (Å²) < 4.78 is 6.56. The molecule has 0 amide bonds. The van der Waals surface area contributed by atoms with Crippen molar-refractivity contribution in [2.45, 2.75) is 76.5 Å². The zero-order valence-electron chi connectivity index (χ0n) is 13.4. The average Bonchev–Trinajstić information content (AvgIpc) is 2.82. The van der Waals surface area contributed by atoms with Crippen molar-refractivity contribution in [3.8, 4) is 0 Å². The predicted molar refractivity (Wildman–Crippen MR) is 83.0 cm³/mol. The van der Waals surface area contributed by atoms with Gasteiger partial charge in [-0.1, -0.05) is 33.1 Å². The molecule has 2 unspecified atom stereocenters. The summed E-state index contributed by atoms with van der Waals surface area (Å²) in [7, 11) is 0. The minimum absolute atomic E-state index is 0.282. The molecule has 20 heavy (non-hydrogen) atoms. The lowest BCUT2D eigenvalue weighted by molar-refractivity contribution is -0.0775. The van der Waals surface area contributed by atoms with Crippen LogP contribution in [0.25, 0.3) is 0 Å². The van der Waals surface area contributed by atoms with E-state index in [9.17, 15) is 0 Å². The molecule has 3 aliphatic rings. The number of nitrogens with one attached hydrogen (secondary N) is 1. The summed E-state index contributed by atoms with van der Waals surface area (Å²) >= 11 is 0. The van der Waals surface area contributed by atoms with Gasteiger partial charge in [0.25, 0.3) is 0 Å². The maximum atomic E-state index is 6.56. The minimum Gasteiger partial charge on any atom is -0.370 e. The first-order valence-corrected chi connectivity index (χ1v) is 8.81. The van der Waals surface area contributed by atoms with Crippen LogP contribution < -0.4 is 5.32 Å². The highest BCUT2D eigenvalue weighted by molar-refractivity contribution is 4.93. The van der Waals surface area contributed by atoms with Crippen molar-refractivity contribution >= 4 is 0 Å². The minimum atomic E-state index is 0.282. The first-order valence-electron chi connectivity index (χ1n) is 8.81. The fraction of sp³-hybridized carbons (Fsp3) is 1.00. The van der Waals surface area contributed by atoms with Crippen molar-refractivity contribution in [1.82, 2.24) is 10.2 Å². The lowest BCUT2D eigenvalue weighted by atomic mass is 9.83. The van der Waals surface area contributed by atoms with Crippen LogP contribution in [0.2, 0.25) is 0 Å².